The summed E-state index contributed by atoms with van der Waals surface area (Å²) < 4.78 is 0. The average Bonchev–Trinajstić information content (AvgIpc) is 2.48. The molecular formula is C11H15NO. The molecule has 0 spiro atoms. The van der Waals surface area contributed by atoms with E-state index in [-0.39, 0.29) is 5.91 Å². The van der Waals surface area contributed by atoms with E-state index in [1.165, 1.54) is 19.3 Å². The second-order valence-corrected chi connectivity index (χ2v) is 3.82. The van der Waals surface area contributed by atoms with Crippen LogP contribution < -0.4 is 0 Å². The normalized spacial score (nSPS) is 24.5. The molecule has 0 aromatic rings. The molecule has 0 radical (unpaired) electrons. The second-order valence-electron chi connectivity index (χ2n) is 3.82. The number of amides is 1. The molecule has 2 nitrogen and oxygen atoms in total. The van der Waals surface area contributed by atoms with Crippen LogP contribution in [-0.2, 0) is 4.79 Å². The molecule has 0 saturated heterocycles. The Balaban J connectivity index is 2.07. The van der Waals surface area contributed by atoms with E-state index < -0.39 is 0 Å². The van der Waals surface area contributed by atoms with Crippen molar-refractivity contribution in [2.24, 2.45) is 0 Å². The van der Waals surface area contributed by atoms with Gasteiger partial charge in [-0.3, -0.25) is 4.79 Å². The predicted molar refractivity (Wildman–Crippen MR) is 52.0 cm³/mol. The molecule has 1 heterocycles. The molecule has 0 aromatic carbocycles. The van der Waals surface area contributed by atoms with E-state index in [4.69, 9.17) is 0 Å². The van der Waals surface area contributed by atoms with Crippen molar-refractivity contribution in [3.8, 4) is 0 Å². The molecule has 70 valence electrons. The van der Waals surface area contributed by atoms with Crippen LogP contribution in [0.4, 0.5) is 0 Å². The molecule has 2 aliphatic rings. The van der Waals surface area contributed by atoms with Crippen LogP contribution in [0.3, 0.4) is 0 Å². The summed E-state index contributed by atoms with van der Waals surface area (Å²) in [6.45, 7) is 3.88. The Morgan fingerprint density at radius 2 is 1.92 bits per heavy atom. The average molecular weight is 177 g/mol. The van der Waals surface area contributed by atoms with E-state index in [2.05, 4.69) is 6.58 Å². The van der Waals surface area contributed by atoms with Gasteiger partial charge in [0.05, 0.1) is 0 Å². The van der Waals surface area contributed by atoms with Crippen LogP contribution in [0.25, 0.3) is 0 Å². The fraction of sp³-hybridized carbons (Fsp3) is 0.545. The standard InChI is InChI=1S/C11H15NO/c1-9-7-8-11(13)12(9)10-5-3-2-4-6-10/h7-8,10H,1-6H2. The van der Waals surface area contributed by atoms with Gasteiger partial charge >= 0.3 is 0 Å². The summed E-state index contributed by atoms with van der Waals surface area (Å²) in [7, 11) is 0. The number of carbonyl (C=O) groups is 1. The molecule has 1 aliphatic heterocycles. The third-order valence-electron chi connectivity index (χ3n) is 2.91. The zero-order valence-corrected chi connectivity index (χ0v) is 7.83. The second kappa shape index (κ2) is 3.36. The van der Waals surface area contributed by atoms with E-state index in [9.17, 15) is 4.79 Å². The molecule has 0 N–H and O–H groups in total. The fourth-order valence-corrected chi connectivity index (χ4v) is 2.22. The molecule has 1 saturated carbocycles. The van der Waals surface area contributed by atoms with Crippen LogP contribution in [-0.4, -0.2) is 16.8 Å². The van der Waals surface area contributed by atoms with Crippen LogP contribution >= 0.6 is 0 Å². The van der Waals surface area contributed by atoms with Crippen LogP contribution in [0.2, 0.25) is 0 Å². The Morgan fingerprint density at radius 3 is 2.46 bits per heavy atom. The first kappa shape index (κ1) is 8.54. The monoisotopic (exact) mass is 177 g/mol. The zero-order chi connectivity index (χ0) is 9.26. The van der Waals surface area contributed by atoms with Gasteiger partial charge in [0.1, 0.15) is 0 Å². The molecule has 0 aromatic heterocycles. The summed E-state index contributed by atoms with van der Waals surface area (Å²) in [5.74, 6) is 0.122. The number of nitrogens with zero attached hydrogens (tertiary/aromatic N) is 1. The van der Waals surface area contributed by atoms with Crippen molar-refractivity contribution in [2.45, 2.75) is 38.1 Å². The maximum atomic E-state index is 11.5. The Hall–Kier alpha value is -1.05. The van der Waals surface area contributed by atoms with Gasteiger partial charge in [0, 0.05) is 17.8 Å². The Kier molecular flexibility index (Phi) is 2.21. The Bertz CT molecular complexity index is 243. The summed E-state index contributed by atoms with van der Waals surface area (Å²) >= 11 is 0. The van der Waals surface area contributed by atoms with E-state index in [1.54, 1.807) is 6.08 Å². The molecule has 2 rings (SSSR count). The Labute approximate surface area is 78.9 Å². The number of hydrogen-bond donors (Lipinski definition) is 0. The lowest BCUT2D eigenvalue weighted by Crippen LogP contribution is -2.36. The topological polar surface area (TPSA) is 20.3 Å². The van der Waals surface area contributed by atoms with E-state index in [0.29, 0.717) is 6.04 Å². The van der Waals surface area contributed by atoms with Crippen molar-refractivity contribution in [1.82, 2.24) is 4.90 Å². The summed E-state index contributed by atoms with van der Waals surface area (Å²) in [4.78, 5) is 13.3. The fourth-order valence-electron chi connectivity index (χ4n) is 2.22. The van der Waals surface area contributed by atoms with Gasteiger partial charge in [-0.25, -0.2) is 0 Å². The highest BCUT2D eigenvalue weighted by Crippen LogP contribution is 2.27. The highest BCUT2D eigenvalue weighted by Gasteiger charge is 2.28. The van der Waals surface area contributed by atoms with Crippen LogP contribution in [0.5, 0.6) is 0 Å². The number of carbonyl (C=O) groups excluding carboxylic acids is 1. The van der Waals surface area contributed by atoms with Gasteiger partial charge in [-0.1, -0.05) is 25.8 Å². The summed E-state index contributed by atoms with van der Waals surface area (Å²) in [6.07, 6.45) is 9.55. The minimum atomic E-state index is 0.122. The van der Waals surface area contributed by atoms with Gasteiger partial charge in [0.15, 0.2) is 0 Å². The smallest absolute Gasteiger partial charge is 0.251 e. The lowest BCUT2D eigenvalue weighted by Gasteiger charge is -2.31. The van der Waals surface area contributed by atoms with Gasteiger partial charge in [0.25, 0.3) is 5.91 Å². The van der Waals surface area contributed by atoms with Gasteiger partial charge in [-0.15, -0.1) is 0 Å². The number of hydrogen-bond acceptors (Lipinski definition) is 1. The van der Waals surface area contributed by atoms with Crippen LogP contribution in [0, 0.1) is 0 Å². The lowest BCUT2D eigenvalue weighted by molar-refractivity contribution is -0.125. The summed E-state index contributed by atoms with van der Waals surface area (Å²) in [6, 6.07) is 0.420. The largest absolute Gasteiger partial charge is 0.306 e. The third kappa shape index (κ3) is 1.53. The molecular weight excluding hydrogens is 162 g/mol. The predicted octanol–water partition coefficient (Wildman–Crippen LogP) is 2.23. The van der Waals surface area contributed by atoms with Crippen molar-refractivity contribution >= 4 is 5.91 Å². The van der Waals surface area contributed by atoms with E-state index >= 15 is 0 Å². The molecule has 1 amide bonds. The first-order valence-corrected chi connectivity index (χ1v) is 4.99. The van der Waals surface area contributed by atoms with Crippen LogP contribution in [0.1, 0.15) is 32.1 Å². The first-order chi connectivity index (χ1) is 6.29. The molecule has 13 heavy (non-hydrogen) atoms. The first-order valence-electron chi connectivity index (χ1n) is 4.99. The summed E-state index contributed by atoms with van der Waals surface area (Å²) in [5, 5.41) is 0. The van der Waals surface area contributed by atoms with Crippen molar-refractivity contribution in [1.29, 1.82) is 0 Å². The van der Waals surface area contributed by atoms with Crippen molar-refractivity contribution < 1.29 is 4.79 Å². The highest BCUT2D eigenvalue weighted by atomic mass is 16.2. The van der Waals surface area contributed by atoms with Gasteiger partial charge in [0.2, 0.25) is 0 Å². The van der Waals surface area contributed by atoms with Crippen molar-refractivity contribution in [3.05, 3.63) is 24.4 Å². The minimum Gasteiger partial charge on any atom is -0.306 e. The number of rotatable bonds is 1. The highest BCUT2D eigenvalue weighted by molar-refractivity contribution is 5.93. The van der Waals surface area contributed by atoms with Crippen molar-refractivity contribution in [2.75, 3.05) is 0 Å². The molecule has 0 bridgehead atoms. The quantitative estimate of drug-likeness (QED) is 0.601. The van der Waals surface area contributed by atoms with Gasteiger partial charge in [-0.2, -0.15) is 0 Å². The summed E-state index contributed by atoms with van der Waals surface area (Å²) in [5.41, 5.74) is 0.872. The lowest BCUT2D eigenvalue weighted by atomic mass is 9.94. The SMILES string of the molecule is C=C1C=CC(=O)N1C1CCCCC1. The zero-order valence-electron chi connectivity index (χ0n) is 7.83. The molecule has 0 unspecified atom stereocenters. The number of allylic oxidation sites excluding steroid dienone is 1. The molecule has 2 heteroatoms. The minimum absolute atomic E-state index is 0.122. The van der Waals surface area contributed by atoms with E-state index in [0.717, 1.165) is 18.5 Å². The molecule has 0 atom stereocenters. The molecule has 1 fully saturated rings. The maximum absolute atomic E-state index is 11.5. The van der Waals surface area contributed by atoms with Gasteiger partial charge in [-0.05, 0) is 18.9 Å². The van der Waals surface area contributed by atoms with Crippen LogP contribution in [0.15, 0.2) is 24.4 Å². The Morgan fingerprint density at radius 1 is 1.23 bits per heavy atom. The maximum Gasteiger partial charge on any atom is 0.251 e. The van der Waals surface area contributed by atoms with Gasteiger partial charge < -0.3 is 4.90 Å². The third-order valence-corrected chi connectivity index (χ3v) is 2.91. The van der Waals surface area contributed by atoms with E-state index in [1.807, 2.05) is 11.0 Å². The van der Waals surface area contributed by atoms with Crippen molar-refractivity contribution in [3.63, 3.8) is 0 Å². The molecule has 1 aliphatic carbocycles.